The number of halogens is 1. The zero-order valence-corrected chi connectivity index (χ0v) is 14.3. The number of aryl methyl sites for hydroxylation is 3. The average Bonchev–Trinajstić information content (AvgIpc) is 2.86. The van der Waals surface area contributed by atoms with Gasteiger partial charge < -0.3 is 9.88 Å². The number of benzene rings is 2. The van der Waals surface area contributed by atoms with Crippen LogP contribution in [0.15, 0.2) is 42.5 Å². The van der Waals surface area contributed by atoms with Crippen LogP contribution in [0.5, 0.6) is 0 Å². The minimum atomic E-state index is -0.169. The van der Waals surface area contributed by atoms with Gasteiger partial charge in [0.1, 0.15) is 5.82 Å². The lowest BCUT2D eigenvalue weighted by atomic mass is 10.0. The van der Waals surface area contributed by atoms with Crippen LogP contribution in [0, 0.1) is 12.7 Å². The van der Waals surface area contributed by atoms with Gasteiger partial charge in [-0.3, -0.25) is 0 Å². The SMILES string of the molecule is Cc1ccc2c(c1)c1c(n2CCc2ccc(F)cc2)C[C@H](C)NC1. The van der Waals surface area contributed by atoms with Crippen molar-refractivity contribution in [1.82, 2.24) is 9.88 Å². The first-order chi connectivity index (χ1) is 11.6. The van der Waals surface area contributed by atoms with E-state index in [0.717, 1.165) is 25.9 Å². The molecule has 3 aromatic rings. The Hall–Kier alpha value is -2.13. The molecule has 2 heterocycles. The quantitative estimate of drug-likeness (QED) is 0.758. The van der Waals surface area contributed by atoms with E-state index in [9.17, 15) is 4.39 Å². The Morgan fingerprint density at radius 3 is 2.75 bits per heavy atom. The molecule has 0 saturated carbocycles. The fraction of sp³-hybridized carbons (Fsp3) is 0.333. The van der Waals surface area contributed by atoms with Crippen LogP contribution in [0.3, 0.4) is 0 Å². The first kappa shape index (κ1) is 15.4. The third-order valence-corrected chi connectivity index (χ3v) is 5.11. The molecule has 0 aliphatic carbocycles. The number of fused-ring (bicyclic) bond motifs is 3. The maximum atomic E-state index is 13.1. The van der Waals surface area contributed by atoms with Crippen molar-refractivity contribution in [2.24, 2.45) is 0 Å². The predicted octanol–water partition coefficient (Wildman–Crippen LogP) is 4.37. The van der Waals surface area contributed by atoms with E-state index in [1.165, 1.54) is 33.3 Å². The molecule has 0 saturated heterocycles. The maximum absolute atomic E-state index is 13.1. The van der Waals surface area contributed by atoms with Crippen LogP contribution in [0.4, 0.5) is 4.39 Å². The number of hydrogen-bond acceptors (Lipinski definition) is 1. The van der Waals surface area contributed by atoms with E-state index in [2.05, 4.69) is 41.9 Å². The first-order valence-electron chi connectivity index (χ1n) is 8.70. The van der Waals surface area contributed by atoms with E-state index in [4.69, 9.17) is 0 Å². The van der Waals surface area contributed by atoms with E-state index in [1.807, 2.05) is 12.1 Å². The highest BCUT2D eigenvalue weighted by Gasteiger charge is 2.22. The molecule has 0 fully saturated rings. The average molecular weight is 322 g/mol. The lowest BCUT2D eigenvalue weighted by Gasteiger charge is -2.23. The summed E-state index contributed by atoms with van der Waals surface area (Å²) in [6.45, 7) is 6.28. The number of rotatable bonds is 3. The Kier molecular flexibility index (Phi) is 3.89. The Morgan fingerprint density at radius 1 is 1.17 bits per heavy atom. The van der Waals surface area contributed by atoms with E-state index in [-0.39, 0.29) is 5.82 Å². The van der Waals surface area contributed by atoms with Crippen molar-refractivity contribution in [2.45, 2.75) is 45.8 Å². The third kappa shape index (κ3) is 2.73. The molecule has 124 valence electrons. The van der Waals surface area contributed by atoms with Gasteiger partial charge in [0.2, 0.25) is 0 Å². The summed E-state index contributed by atoms with van der Waals surface area (Å²) >= 11 is 0. The van der Waals surface area contributed by atoms with Gasteiger partial charge in [-0.05, 0) is 55.7 Å². The Balaban J connectivity index is 1.73. The smallest absolute Gasteiger partial charge is 0.123 e. The first-order valence-corrected chi connectivity index (χ1v) is 8.70. The standard InChI is InChI=1S/C21H23FN2/c1-14-3-8-20-18(11-14)19-13-23-15(2)12-21(19)24(20)10-9-16-4-6-17(22)7-5-16/h3-8,11,15,23H,9-10,12-13H2,1-2H3/t15-/m0/s1. The molecule has 0 spiro atoms. The molecule has 24 heavy (non-hydrogen) atoms. The van der Waals surface area contributed by atoms with Gasteiger partial charge in [0.15, 0.2) is 0 Å². The molecule has 1 aliphatic heterocycles. The van der Waals surface area contributed by atoms with E-state index >= 15 is 0 Å². The van der Waals surface area contributed by atoms with Gasteiger partial charge in [-0.2, -0.15) is 0 Å². The molecule has 1 N–H and O–H groups in total. The van der Waals surface area contributed by atoms with Crippen LogP contribution in [0.1, 0.15) is 29.3 Å². The number of nitrogens with zero attached hydrogens (tertiary/aromatic N) is 1. The monoisotopic (exact) mass is 322 g/mol. The van der Waals surface area contributed by atoms with E-state index in [0.29, 0.717) is 6.04 Å². The van der Waals surface area contributed by atoms with Crippen molar-refractivity contribution in [3.63, 3.8) is 0 Å². The number of aromatic nitrogens is 1. The van der Waals surface area contributed by atoms with Crippen molar-refractivity contribution < 1.29 is 4.39 Å². The summed E-state index contributed by atoms with van der Waals surface area (Å²) in [5.41, 5.74) is 6.72. The summed E-state index contributed by atoms with van der Waals surface area (Å²) in [6.07, 6.45) is 1.98. The highest BCUT2D eigenvalue weighted by molar-refractivity contribution is 5.86. The van der Waals surface area contributed by atoms with Crippen LogP contribution >= 0.6 is 0 Å². The topological polar surface area (TPSA) is 17.0 Å². The zero-order chi connectivity index (χ0) is 16.7. The van der Waals surface area contributed by atoms with Crippen molar-refractivity contribution in [2.75, 3.05) is 0 Å². The molecule has 2 aromatic carbocycles. The highest BCUT2D eigenvalue weighted by atomic mass is 19.1. The summed E-state index contributed by atoms with van der Waals surface area (Å²) in [7, 11) is 0. The molecule has 1 atom stereocenters. The second-order valence-electron chi connectivity index (χ2n) is 6.96. The summed E-state index contributed by atoms with van der Waals surface area (Å²) < 4.78 is 15.6. The summed E-state index contributed by atoms with van der Waals surface area (Å²) in [5, 5.41) is 4.97. The molecule has 1 aliphatic rings. The molecule has 0 radical (unpaired) electrons. The van der Waals surface area contributed by atoms with Crippen molar-refractivity contribution >= 4 is 10.9 Å². The van der Waals surface area contributed by atoms with Crippen molar-refractivity contribution in [3.05, 3.63) is 70.7 Å². The van der Waals surface area contributed by atoms with Crippen molar-refractivity contribution in [3.8, 4) is 0 Å². The Labute approximate surface area is 142 Å². The second kappa shape index (κ2) is 6.06. The molecule has 4 rings (SSSR count). The van der Waals surface area contributed by atoms with Crippen LogP contribution in [-0.4, -0.2) is 10.6 Å². The molecule has 3 heteroatoms. The molecular formula is C21H23FN2. The van der Waals surface area contributed by atoms with Crippen molar-refractivity contribution in [1.29, 1.82) is 0 Å². The normalized spacial score (nSPS) is 17.2. The lowest BCUT2D eigenvalue weighted by Crippen LogP contribution is -2.33. The molecule has 0 bridgehead atoms. The minimum absolute atomic E-state index is 0.169. The lowest BCUT2D eigenvalue weighted by molar-refractivity contribution is 0.492. The molecular weight excluding hydrogens is 299 g/mol. The number of nitrogens with one attached hydrogen (secondary N) is 1. The van der Waals surface area contributed by atoms with Gasteiger partial charge in [-0.25, -0.2) is 4.39 Å². The minimum Gasteiger partial charge on any atom is -0.344 e. The molecule has 1 aromatic heterocycles. The van der Waals surface area contributed by atoms with Gasteiger partial charge in [-0.15, -0.1) is 0 Å². The fourth-order valence-corrected chi connectivity index (χ4v) is 3.81. The Bertz CT molecular complexity index is 877. The predicted molar refractivity (Wildman–Crippen MR) is 96.8 cm³/mol. The third-order valence-electron chi connectivity index (χ3n) is 5.11. The maximum Gasteiger partial charge on any atom is 0.123 e. The van der Waals surface area contributed by atoms with Crippen LogP contribution < -0.4 is 5.32 Å². The highest BCUT2D eigenvalue weighted by Crippen LogP contribution is 2.31. The fourth-order valence-electron chi connectivity index (χ4n) is 3.81. The van der Waals surface area contributed by atoms with Gasteiger partial charge in [0, 0.05) is 42.1 Å². The van der Waals surface area contributed by atoms with Gasteiger partial charge in [0.25, 0.3) is 0 Å². The molecule has 0 unspecified atom stereocenters. The summed E-state index contributed by atoms with van der Waals surface area (Å²) in [4.78, 5) is 0. The summed E-state index contributed by atoms with van der Waals surface area (Å²) in [5.74, 6) is -0.169. The Morgan fingerprint density at radius 2 is 1.96 bits per heavy atom. The zero-order valence-electron chi connectivity index (χ0n) is 14.3. The number of hydrogen-bond donors (Lipinski definition) is 1. The van der Waals surface area contributed by atoms with E-state index < -0.39 is 0 Å². The van der Waals surface area contributed by atoms with Gasteiger partial charge in [-0.1, -0.05) is 23.8 Å². The van der Waals surface area contributed by atoms with Crippen LogP contribution in [-0.2, 0) is 25.9 Å². The second-order valence-corrected chi connectivity index (χ2v) is 6.96. The van der Waals surface area contributed by atoms with Crippen LogP contribution in [0.25, 0.3) is 10.9 Å². The van der Waals surface area contributed by atoms with Crippen LogP contribution in [0.2, 0.25) is 0 Å². The largest absolute Gasteiger partial charge is 0.344 e. The summed E-state index contributed by atoms with van der Waals surface area (Å²) in [6, 6.07) is 14.1. The van der Waals surface area contributed by atoms with Gasteiger partial charge >= 0.3 is 0 Å². The van der Waals surface area contributed by atoms with Gasteiger partial charge in [0.05, 0.1) is 0 Å². The molecule has 0 amide bonds. The van der Waals surface area contributed by atoms with E-state index in [1.54, 1.807) is 12.1 Å². The molecule has 2 nitrogen and oxygen atoms in total.